The van der Waals surface area contributed by atoms with Crippen molar-refractivity contribution in [1.29, 1.82) is 0 Å². The van der Waals surface area contributed by atoms with Crippen LogP contribution in [0.1, 0.15) is 63.0 Å². The molecule has 0 spiro atoms. The van der Waals surface area contributed by atoms with Gasteiger partial charge in [-0.05, 0) is 112 Å². The van der Waals surface area contributed by atoms with Gasteiger partial charge in [0.2, 0.25) is 0 Å². The van der Waals surface area contributed by atoms with E-state index >= 15 is 0 Å². The number of carbonyl (C=O) groups is 1. The quantitative estimate of drug-likeness (QED) is 0.223. The van der Waals surface area contributed by atoms with E-state index in [0.717, 1.165) is 35.1 Å². The first kappa shape index (κ1) is 26.5. The average molecular weight is 542 g/mol. The van der Waals surface area contributed by atoms with Crippen LogP contribution in [0.25, 0.3) is 0 Å². The number of hydrogen-bond acceptors (Lipinski definition) is 3. The standard InChI is InChI=1S/C35H41O3S/c1-24-16-32(39(30-10-6-4-7-11-30)31-12-8-5-9-13-31)17-25(2)34(24)37-23-33(36)38-35(3)22-28-18-26-14-15-27(19-28)21-29(35)20-26/h4-13,16-17,26-29H,14-15,18-23H2,1-3H3/q+1. The Kier molecular flexibility index (Phi) is 7.50. The Balaban J connectivity index is 1.18. The summed E-state index contributed by atoms with van der Waals surface area (Å²) >= 11 is 0. The van der Waals surface area contributed by atoms with Crippen molar-refractivity contribution in [2.24, 2.45) is 23.7 Å². The molecule has 4 bridgehead atoms. The van der Waals surface area contributed by atoms with Crippen LogP contribution in [0, 0.1) is 37.5 Å². The van der Waals surface area contributed by atoms with Crippen LogP contribution in [0.5, 0.6) is 5.75 Å². The van der Waals surface area contributed by atoms with E-state index in [4.69, 9.17) is 9.47 Å². The lowest BCUT2D eigenvalue weighted by Crippen LogP contribution is -2.41. The van der Waals surface area contributed by atoms with Crippen molar-refractivity contribution >= 4 is 16.9 Å². The summed E-state index contributed by atoms with van der Waals surface area (Å²) in [5.41, 5.74) is 1.75. The summed E-state index contributed by atoms with van der Waals surface area (Å²) < 4.78 is 12.5. The van der Waals surface area contributed by atoms with Gasteiger partial charge in [0, 0.05) is 12.1 Å². The lowest BCUT2D eigenvalue weighted by Gasteiger charge is -2.36. The summed E-state index contributed by atoms with van der Waals surface area (Å²) in [6, 6.07) is 25.8. The van der Waals surface area contributed by atoms with Crippen LogP contribution in [0.4, 0.5) is 0 Å². The van der Waals surface area contributed by atoms with E-state index in [0.29, 0.717) is 11.8 Å². The number of hydrogen-bond donors (Lipinski definition) is 0. The molecule has 3 aromatic carbocycles. The molecule has 3 unspecified atom stereocenters. The van der Waals surface area contributed by atoms with Gasteiger partial charge in [-0.25, -0.2) is 4.79 Å². The maximum atomic E-state index is 13.2. The van der Waals surface area contributed by atoms with Gasteiger partial charge < -0.3 is 9.47 Å². The first-order valence-corrected chi connectivity index (χ1v) is 15.9. The van der Waals surface area contributed by atoms with Crippen LogP contribution in [0.3, 0.4) is 0 Å². The fourth-order valence-electron chi connectivity index (χ4n) is 7.80. The van der Waals surface area contributed by atoms with E-state index in [9.17, 15) is 4.79 Å². The Morgan fingerprint density at radius 1 is 0.795 bits per heavy atom. The minimum atomic E-state index is -0.355. The lowest BCUT2D eigenvalue weighted by atomic mass is 9.80. The van der Waals surface area contributed by atoms with Crippen molar-refractivity contribution in [3.05, 3.63) is 83.9 Å². The molecule has 4 aliphatic rings. The maximum Gasteiger partial charge on any atom is 0.344 e. The highest BCUT2D eigenvalue weighted by molar-refractivity contribution is 7.97. The van der Waals surface area contributed by atoms with Gasteiger partial charge >= 0.3 is 5.97 Å². The molecular formula is C35H41O3S+. The predicted molar refractivity (Wildman–Crippen MR) is 157 cm³/mol. The number of rotatable bonds is 7. The number of esters is 1. The normalized spacial score (nSPS) is 27.7. The SMILES string of the molecule is Cc1cc([S+](c2ccccc2)c2ccccc2)cc(C)c1OCC(=O)OC1(C)CC2CC3CCC(C2)CC1C3. The van der Waals surface area contributed by atoms with Gasteiger partial charge in [0.25, 0.3) is 0 Å². The molecular weight excluding hydrogens is 500 g/mol. The third kappa shape index (κ3) is 5.63. The van der Waals surface area contributed by atoms with Crippen molar-refractivity contribution in [1.82, 2.24) is 0 Å². The van der Waals surface area contributed by atoms with Crippen molar-refractivity contribution in [2.75, 3.05) is 6.61 Å². The Morgan fingerprint density at radius 2 is 1.33 bits per heavy atom. The molecule has 0 aliphatic heterocycles. The molecule has 0 radical (unpaired) electrons. The smallest absolute Gasteiger partial charge is 0.344 e. The first-order valence-electron chi connectivity index (χ1n) is 14.7. The van der Waals surface area contributed by atoms with Crippen LogP contribution in [0.15, 0.2) is 87.5 Å². The summed E-state index contributed by atoms with van der Waals surface area (Å²) in [6.45, 7) is 6.34. The van der Waals surface area contributed by atoms with Crippen LogP contribution in [-0.2, 0) is 20.4 Å². The summed E-state index contributed by atoms with van der Waals surface area (Å²) in [5.74, 6) is 3.41. The van der Waals surface area contributed by atoms with Crippen LogP contribution >= 0.6 is 0 Å². The van der Waals surface area contributed by atoms with Crippen molar-refractivity contribution in [2.45, 2.75) is 86.0 Å². The minimum Gasteiger partial charge on any atom is -0.481 e. The number of ether oxygens (including phenoxy) is 2. The molecule has 0 heterocycles. The van der Waals surface area contributed by atoms with Gasteiger partial charge in [-0.1, -0.05) is 49.2 Å². The van der Waals surface area contributed by atoms with Gasteiger partial charge in [0.15, 0.2) is 21.3 Å². The third-order valence-corrected chi connectivity index (χ3v) is 11.6. The van der Waals surface area contributed by atoms with Gasteiger partial charge in [0.05, 0.1) is 10.9 Å². The summed E-state index contributed by atoms with van der Waals surface area (Å²) in [7, 11) is -0.219. The van der Waals surface area contributed by atoms with Crippen LogP contribution in [0.2, 0.25) is 0 Å². The zero-order chi connectivity index (χ0) is 27.0. The largest absolute Gasteiger partial charge is 0.481 e. The van der Waals surface area contributed by atoms with Gasteiger partial charge in [-0.3, -0.25) is 0 Å². The Bertz CT molecular complexity index is 1230. The van der Waals surface area contributed by atoms with Crippen molar-refractivity contribution in [3.63, 3.8) is 0 Å². The Morgan fingerprint density at radius 3 is 1.87 bits per heavy atom. The molecule has 3 nitrogen and oxygen atoms in total. The molecule has 4 fully saturated rings. The molecule has 0 N–H and O–H groups in total. The molecule has 3 atom stereocenters. The summed E-state index contributed by atoms with van der Waals surface area (Å²) in [4.78, 5) is 17.0. The maximum absolute atomic E-state index is 13.2. The minimum absolute atomic E-state index is 0.0378. The number of benzene rings is 3. The monoisotopic (exact) mass is 541 g/mol. The molecule has 0 saturated heterocycles. The second-order valence-electron chi connectivity index (χ2n) is 12.4. The molecule has 204 valence electrons. The van der Waals surface area contributed by atoms with E-state index in [-0.39, 0.29) is 29.1 Å². The second-order valence-corrected chi connectivity index (χ2v) is 14.4. The zero-order valence-corrected chi connectivity index (χ0v) is 24.3. The highest BCUT2D eigenvalue weighted by atomic mass is 32.2. The fraction of sp³-hybridized carbons (Fsp3) is 0.457. The van der Waals surface area contributed by atoms with Crippen molar-refractivity contribution in [3.8, 4) is 5.75 Å². The molecule has 4 saturated carbocycles. The zero-order valence-electron chi connectivity index (χ0n) is 23.5. The second kappa shape index (κ2) is 11.0. The average Bonchev–Trinajstić information content (AvgIpc) is 3.33. The fourth-order valence-corrected chi connectivity index (χ4v) is 10.1. The predicted octanol–water partition coefficient (Wildman–Crippen LogP) is 8.32. The van der Waals surface area contributed by atoms with Gasteiger partial charge in [-0.15, -0.1) is 0 Å². The van der Waals surface area contributed by atoms with E-state index in [1.807, 2.05) is 0 Å². The molecule has 0 aromatic heterocycles. The summed E-state index contributed by atoms with van der Waals surface area (Å²) in [6.07, 6.45) is 8.86. The Hall–Kier alpha value is -2.72. The van der Waals surface area contributed by atoms with Crippen LogP contribution in [-0.4, -0.2) is 18.2 Å². The number of carbonyl (C=O) groups excluding carboxylic acids is 1. The molecule has 0 amide bonds. The van der Waals surface area contributed by atoms with E-state index in [2.05, 4.69) is 93.6 Å². The molecule has 4 aliphatic carbocycles. The molecule has 3 aromatic rings. The lowest BCUT2D eigenvalue weighted by molar-refractivity contribution is -0.168. The van der Waals surface area contributed by atoms with Gasteiger partial charge in [-0.2, -0.15) is 0 Å². The third-order valence-electron chi connectivity index (χ3n) is 9.42. The highest BCUT2D eigenvalue weighted by Crippen LogP contribution is 2.53. The highest BCUT2D eigenvalue weighted by Gasteiger charge is 2.49. The number of aryl methyl sites for hydroxylation is 2. The van der Waals surface area contributed by atoms with E-state index in [1.54, 1.807) is 0 Å². The number of fused-ring (bicyclic) bond motifs is 2. The van der Waals surface area contributed by atoms with E-state index < -0.39 is 0 Å². The Labute approximate surface area is 236 Å². The van der Waals surface area contributed by atoms with Crippen LogP contribution < -0.4 is 4.74 Å². The molecule has 7 rings (SSSR count). The van der Waals surface area contributed by atoms with Crippen molar-refractivity contribution < 1.29 is 14.3 Å². The van der Waals surface area contributed by atoms with Gasteiger partial charge in [0.1, 0.15) is 11.4 Å². The van der Waals surface area contributed by atoms with E-state index in [1.165, 1.54) is 53.2 Å². The molecule has 39 heavy (non-hydrogen) atoms. The topological polar surface area (TPSA) is 35.5 Å². The first-order chi connectivity index (χ1) is 18.9. The molecule has 4 heteroatoms. The summed E-state index contributed by atoms with van der Waals surface area (Å²) in [5, 5.41) is 0.